The van der Waals surface area contributed by atoms with Crippen LogP contribution in [-0.2, 0) is 9.53 Å². The van der Waals surface area contributed by atoms with Crippen molar-refractivity contribution >= 4 is 5.78 Å². The van der Waals surface area contributed by atoms with Crippen molar-refractivity contribution < 1.29 is 9.53 Å². The highest BCUT2D eigenvalue weighted by molar-refractivity contribution is 5.95. The van der Waals surface area contributed by atoms with E-state index in [4.69, 9.17) is 4.74 Å². The second-order valence-electron chi connectivity index (χ2n) is 8.23. The molecule has 0 spiro atoms. The number of fused-ring (bicyclic) bond motifs is 4. The van der Waals surface area contributed by atoms with Crippen molar-refractivity contribution in [1.29, 1.82) is 0 Å². The molecule has 0 aliphatic heterocycles. The number of carbonyl (C=O) groups excluding carboxylic acids is 1. The zero-order chi connectivity index (χ0) is 15.3. The van der Waals surface area contributed by atoms with Gasteiger partial charge in [0.1, 0.15) is 0 Å². The molecule has 0 amide bonds. The van der Waals surface area contributed by atoms with Gasteiger partial charge in [-0.1, -0.05) is 18.9 Å². The average molecular weight is 300 g/mol. The molecule has 4 aliphatic carbocycles. The number of ketones is 1. The maximum absolute atomic E-state index is 12.3. The highest BCUT2D eigenvalue weighted by atomic mass is 16.5. The molecular weight excluding hydrogens is 272 g/mol. The number of allylic oxidation sites excluding steroid dienone is 4. The minimum atomic E-state index is 0.0619. The average Bonchev–Trinajstić information content (AvgIpc) is 2.90. The van der Waals surface area contributed by atoms with Crippen LogP contribution in [-0.4, -0.2) is 19.5 Å². The van der Waals surface area contributed by atoms with Crippen LogP contribution < -0.4 is 0 Å². The molecule has 2 heteroatoms. The molecule has 0 saturated heterocycles. The third-order valence-electron chi connectivity index (χ3n) is 7.09. The minimum Gasteiger partial charge on any atom is -0.384 e. The molecule has 22 heavy (non-hydrogen) atoms. The zero-order valence-corrected chi connectivity index (χ0v) is 14.0. The van der Waals surface area contributed by atoms with E-state index in [0.29, 0.717) is 17.8 Å². The Balaban J connectivity index is 1.70. The van der Waals surface area contributed by atoms with Crippen LogP contribution in [0.15, 0.2) is 22.8 Å². The second-order valence-corrected chi connectivity index (χ2v) is 8.23. The lowest BCUT2D eigenvalue weighted by Crippen LogP contribution is -2.37. The summed E-state index contributed by atoms with van der Waals surface area (Å²) >= 11 is 0. The summed E-state index contributed by atoms with van der Waals surface area (Å²) in [5.74, 6) is 2.07. The first-order chi connectivity index (χ1) is 10.6. The molecule has 0 N–H and O–H groups in total. The summed E-state index contributed by atoms with van der Waals surface area (Å²) < 4.78 is 5.28. The summed E-state index contributed by atoms with van der Waals surface area (Å²) in [5.41, 5.74) is 5.26. The van der Waals surface area contributed by atoms with Crippen LogP contribution in [0, 0.1) is 23.2 Å². The smallest absolute Gasteiger partial charge is 0.161 e. The lowest BCUT2D eigenvalue weighted by Gasteiger charge is -2.47. The van der Waals surface area contributed by atoms with Gasteiger partial charge in [0.25, 0.3) is 0 Å². The van der Waals surface area contributed by atoms with Gasteiger partial charge < -0.3 is 4.74 Å². The molecule has 4 aliphatic rings. The molecule has 0 aromatic heterocycles. The number of hydrogen-bond acceptors (Lipinski definition) is 2. The van der Waals surface area contributed by atoms with Crippen LogP contribution in [0.5, 0.6) is 0 Å². The predicted molar refractivity (Wildman–Crippen MR) is 87.5 cm³/mol. The first kappa shape index (κ1) is 14.7. The summed E-state index contributed by atoms with van der Waals surface area (Å²) in [6.07, 6.45) is 12.2. The van der Waals surface area contributed by atoms with Gasteiger partial charge in [-0.05, 0) is 79.4 Å². The van der Waals surface area contributed by atoms with Crippen molar-refractivity contribution in [2.75, 3.05) is 13.7 Å². The van der Waals surface area contributed by atoms with E-state index in [9.17, 15) is 4.79 Å². The van der Waals surface area contributed by atoms with Gasteiger partial charge >= 0.3 is 0 Å². The van der Waals surface area contributed by atoms with Crippen LogP contribution in [0.3, 0.4) is 0 Å². The van der Waals surface area contributed by atoms with Crippen LogP contribution >= 0.6 is 0 Å². The van der Waals surface area contributed by atoms with E-state index in [-0.39, 0.29) is 5.92 Å². The monoisotopic (exact) mass is 300 g/mol. The third-order valence-corrected chi connectivity index (χ3v) is 7.09. The van der Waals surface area contributed by atoms with Gasteiger partial charge in [-0.3, -0.25) is 4.79 Å². The summed E-state index contributed by atoms with van der Waals surface area (Å²) in [4.78, 5) is 12.3. The van der Waals surface area contributed by atoms with Crippen LogP contribution in [0.4, 0.5) is 0 Å². The van der Waals surface area contributed by atoms with Gasteiger partial charge in [-0.15, -0.1) is 0 Å². The highest BCUT2D eigenvalue weighted by Crippen LogP contribution is 2.60. The van der Waals surface area contributed by atoms with Crippen molar-refractivity contribution in [3.8, 4) is 0 Å². The van der Waals surface area contributed by atoms with E-state index >= 15 is 0 Å². The van der Waals surface area contributed by atoms with Gasteiger partial charge in [-0.25, -0.2) is 0 Å². The number of methoxy groups -OCH3 is 1. The summed E-state index contributed by atoms with van der Waals surface area (Å²) in [7, 11) is 1.71. The Kier molecular flexibility index (Phi) is 3.56. The van der Waals surface area contributed by atoms with Gasteiger partial charge in [0, 0.05) is 13.0 Å². The van der Waals surface area contributed by atoms with Gasteiger partial charge in [-0.2, -0.15) is 0 Å². The molecular formula is C20H28O2. The van der Waals surface area contributed by atoms with Crippen molar-refractivity contribution in [3.63, 3.8) is 0 Å². The molecule has 120 valence electrons. The Bertz CT molecular complexity index is 556. The SMILES string of the molecule is COCC1CC2=C3CC[C@]4(C)CCC[C@H]4[C@@H]3CCC2=CC1=O. The van der Waals surface area contributed by atoms with Crippen molar-refractivity contribution in [3.05, 3.63) is 22.8 Å². The predicted octanol–water partition coefficient (Wildman–Crippen LogP) is 4.46. The Hall–Kier alpha value is -0.890. The molecule has 2 saturated carbocycles. The molecule has 4 rings (SSSR count). The Labute approximate surface area is 134 Å². The van der Waals surface area contributed by atoms with Crippen molar-refractivity contribution in [2.24, 2.45) is 23.2 Å². The fraction of sp³-hybridized carbons (Fsp3) is 0.750. The van der Waals surface area contributed by atoms with Gasteiger partial charge in [0.2, 0.25) is 0 Å². The molecule has 0 aromatic carbocycles. The maximum atomic E-state index is 12.3. The number of carbonyl (C=O) groups is 1. The fourth-order valence-corrected chi connectivity index (χ4v) is 5.92. The molecule has 2 nitrogen and oxygen atoms in total. The Morgan fingerprint density at radius 2 is 2.14 bits per heavy atom. The van der Waals surface area contributed by atoms with E-state index < -0.39 is 0 Å². The molecule has 1 unspecified atom stereocenters. The lowest BCUT2D eigenvalue weighted by atomic mass is 9.57. The maximum Gasteiger partial charge on any atom is 0.161 e. The van der Waals surface area contributed by atoms with Crippen molar-refractivity contribution in [2.45, 2.75) is 58.3 Å². The lowest BCUT2D eigenvalue weighted by molar-refractivity contribution is -0.120. The molecule has 0 radical (unpaired) electrons. The summed E-state index contributed by atoms with van der Waals surface area (Å²) in [6.45, 7) is 3.11. The van der Waals surface area contributed by atoms with Crippen LogP contribution in [0.1, 0.15) is 58.3 Å². The standard InChI is InChI=1S/C20H28O2/c1-20-8-3-4-18(20)16-6-5-13-11-19(21)14(12-22-2)10-17(13)15(16)7-9-20/h11,14,16,18H,3-10,12H2,1-2H3/t14?,16-,18+,20+/m1/s1. The second kappa shape index (κ2) is 5.33. The highest BCUT2D eigenvalue weighted by Gasteiger charge is 2.49. The Morgan fingerprint density at radius 1 is 1.27 bits per heavy atom. The van der Waals surface area contributed by atoms with Crippen LogP contribution in [0.25, 0.3) is 0 Å². The van der Waals surface area contributed by atoms with E-state index in [1.165, 1.54) is 44.1 Å². The molecule has 4 atom stereocenters. The number of rotatable bonds is 2. The largest absolute Gasteiger partial charge is 0.384 e. The van der Waals surface area contributed by atoms with Crippen LogP contribution in [0.2, 0.25) is 0 Å². The minimum absolute atomic E-state index is 0.0619. The molecule has 0 bridgehead atoms. The van der Waals surface area contributed by atoms with Gasteiger partial charge in [0.05, 0.1) is 6.61 Å². The molecule has 0 aromatic rings. The first-order valence-corrected chi connectivity index (χ1v) is 9.08. The quantitative estimate of drug-likeness (QED) is 0.753. The molecule has 0 heterocycles. The topological polar surface area (TPSA) is 26.3 Å². The Morgan fingerprint density at radius 3 is 2.95 bits per heavy atom. The summed E-state index contributed by atoms with van der Waals surface area (Å²) in [5, 5.41) is 0. The third kappa shape index (κ3) is 2.14. The van der Waals surface area contributed by atoms with Crippen molar-refractivity contribution in [1.82, 2.24) is 0 Å². The fourth-order valence-electron chi connectivity index (χ4n) is 5.92. The number of hydrogen-bond donors (Lipinski definition) is 0. The number of ether oxygens (including phenoxy) is 1. The van der Waals surface area contributed by atoms with E-state index in [1.54, 1.807) is 18.3 Å². The summed E-state index contributed by atoms with van der Waals surface area (Å²) in [6, 6.07) is 0. The van der Waals surface area contributed by atoms with E-state index in [1.807, 2.05) is 6.08 Å². The van der Waals surface area contributed by atoms with E-state index in [2.05, 4.69) is 6.92 Å². The van der Waals surface area contributed by atoms with E-state index in [0.717, 1.165) is 24.7 Å². The molecule has 2 fully saturated rings. The van der Waals surface area contributed by atoms with Gasteiger partial charge in [0.15, 0.2) is 5.78 Å². The normalized spacial score (nSPS) is 40.9. The first-order valence-electron chi connectivity index (χ1n) is 9.08. The zero-order valence-electron chi connectivity index (χ0n) is 14.0.